The highest BCUT2D eigenvalue weighted by molar-refractivity contribution is 8.11. The van der Waals surface area contributed by atoms with E-state index in [0.29, 0.717) is 0 Å². The van der Waals surface area contributed by atoms with E-state index in [1.807, 2.05) is 0 Å². The van der Waals surface area contributed by atoms with Gasteiger partial charge in [0, 0.05) is 7.05 Å². The Balaban J connectivity index is 3.53. The number of hydrogen-bond donors (Lipinski definition) is 3. The van der Waals surface area contributed by atoms with Gasteiger partial charge in [0.1, 0.15) is 10.9 Å². The molecule has 0 saturated carbocycles. The Morgan fingerprint density at radius 2 is 2.40 bits per heavy atom. The van der Waals surface area contributed by atoms with Crippen LogP contribution < -0.4 is 5.43 Å². The Hall–Kier alpha value is -0.330. The van der Waals surface area contributed by atoms with Gasteiger partial charge in [-0.25, -0.2) is 5.01 Å². The standard InChI is InChI=1S/C4H8N2O2S2/c1-6(2-3(7)8)5-4(9)10/h2H2,1H3,(H,7,8)(H2,5,9,10). The first-order valence-electron chi connectivity index (χ1n) is 2.45. The first kappa shape index (κ1) is 9.67. The maximum Gasteiger partial charge on any atom is 0.319 e. The van der Waals surface area contributed by atoms with Crippen LogP contribution in [0, 0.1) is 0 Å². The van der Waals surface area contributed by atoms with Crippen LogP contribution in [-0.4, -0.2) is 34.0 Å². The summed E-state index contributed by atoms with van der Waals surface area (Å²) in [7, 11) is 1.57. The van der Waals surface area contributed by atoms with Gasteiger partial charge in [-0.3, -0.25) is 4.79 Å². The second-order valence-electron chi connectivity index (χ2n) is 1.67. The van der Waals surface area contributed by atoms with Crippen LogP contribution in [0.1, 0.15) is 0 Å². The van der Waals surface area contributed by atoms with E-state index in [9.17, 15) is 4.79 Å². The monoisotopic (exact) mass is 180 g/mol. The van der Waals surface area contributed by atoms with Gasteiger partial charge < -0.3 is 10.5 Å². The highest BCUT2D eigenvalue weighted by Crippen LogP contribution is 1.80. The molecule has 0 fully saturated rings. The van der Waals surface area contributed by atoms with Crippen molar-refractivity contribution in [2.75, 3.05) is 13.6 Å². The first-order valence-corrected chi connectivity index (χ1v) is 3.30. The Kier molecular flexibility index (Phi) is 4.33. The molecular formula is C4H8N2O2S2. The van der Waals surface area contributed by atoms with Crippen LogP contribution in [0.5, 0.6) is 0 Å². The fraction of sp³-hybridized carbons (Fsp3) is 0.500. The lowest BCUT2D eigenvalue weighted by Crippen LogP contribution is -2.39. The second-order valence-corrected chi connectivity index (χ2v) is 2.82. The lowest BCUT2D eigenvalue weighted by Gasteiger charge is -2.14. The molecule has 0 aliphatic carbocycles. The number of carboxylic acid groups (broad SMARTS) is 1. The van der Waals surface area contributed by atoms with Crippen LogP contribution in [0.2, 0.25) is 0 Å². The number of likely N-dealkylation sites (N-methyl/N-ethyl adjacent to an activating group) is 1. The van der Waals surface area contributed by atoms with Crippen molar-refractivity contribution in [2.45, 2.75) is 0 Å². The van der Waals surface area contributed by atoms with Gasteiger partial charge in [-0.15, -0.1) is 12.6 Å². The average molecular weight is 180 g/mol. The minimum absolute atomic E-state index is 0.110. The number of hydrazine groups is 1. The molecule has 0 bridgehead atoms. The Labute approximate surface area is 69.6 Å². The topological polar surface area (TPSA) is 52.6 Å². The van der Waals surface area contributed by atoms with Gasteiger partial charge in [0.15, 0.2) is 0 Å². The van der Waals surface area contributed by atoms with Crippen molar-refractivity contribution >= 4 is 35.1 Å². The minimum Gasteiger partial charge on any atom is -0.480 e. The van der Waals surface area contributed by atoms with Crippen molar-refractivity contribution < 1.29 is 9.90 Å². The zero-order valence-corrected chi connectivity index (χ0v) is 7.08. The van der Waals surface area contributed by atoms with Crippen LogP contribution in [-0.2, 0) is 4.79 Å². The van der Waals surface area contributed by atoms with Gasteiger partial charge >= 0.3 is 5.97 Å². The molecule has 0 rings (SSSR count). The predicted molar refractivity (Wildman–Crippen MR) is 45.0 cm³/mol. The van der Waals surface area contributed by atoms with Gasteiger partial charge in [0.25, 0.3) is 0 Å². The van der Waals surface area contributed by atoms with Crippen LogP contribution in [0.15, 0.2) is 0 Å². The third kappa shape index (κ3) is 5.80. The Morgan fingerprint density at radius 3 is 2.70 bits per heavy atom. The second kappa shape index (κ2) is 4.48. The van der Waals surface area contributed by atoms with Crippen molar-refractivity contribution in [3.8, 4) is 0 Å². The number of carboxylic acids is 1. The largest absolute Gasteiger partial charge is 0.480 e. The normalized spacial score (nSPS) is 9.50. The van der Waals surface area contributed by atoms with E-state index in [2.05, 4.69) is 30.3 Å². The predicted octanol–water partition coefficient (Wildman–Crippen LogP) is -0.278. The van der Waals surface area contributed by atoms with E-state index in [-0.39, 0.29) is 10.9 Å². The van der Waals surface area contributed by atoms with Crippen LogP contribution in [0.25, 0.3) is 0 Å². The van der Waals surface area contributed by atoms with Crippen LogP contribution in [0.4, 0.5) is 0 Å². The van der Waals surface area contributed by atoms with E-state index < -0.39 is 5.97 Å². The fourth-order valence-corrected chi connectivity index (χ4v) is 0.732. The lowest BCUT2D eigenvalue weighted by molar-refractivity contribution is -0.138. The van der Waals surface area contributed by atoms with Gasteiger partial charge in [0.05, 0.1) is 0 Å². The average Bonchev–Trinajstić information content (AvgIpc) is 1.58. The van der Waals surface area contributed by atoms with Gasteiger partial charge in [-0.2, -0.15) is 0 Å². The van der Waals surface area contributed by atoms with Crippen molar-refractivity contribution in [2.24, 2.45) is 0 Å². The summed E-state index contributed by atoms with van der Waals surface area (Å²) in [6, 6.07) is 0. The zero-order chi connectivity index (χ0) is 8.15. The molecule has 0 aliphatic heterocycles. The molecule has 2 N–H and O–H groups in total. The number of nitrogens with zero attached hydrogens (tertiary/aromatic N) is 1. The van der Waals surface area contributed by atoms with Crippen LogP contribution in [0.3, 0.4) is 0 Å². The molecule has 0 aromatic heterocycles. The number of aliphatic carboxylic acids is 1. The summed E-state index contributed by atoms with van der Waals surface area (Å²) in [6.45, 7) is -0.110. The van der Waals surface area contributed by atoms with Crippen molar-refractivity contribution in [1.82, 2.24) is 10.4 Å². The molecule has 0 aromatic carbocycles. The smallest absolute Gasteiger partial charge is 0.319 e. The molecule has 6 heteroatoms. The van der Waals surface area contributed by atoms with E-state index in [0.717, 1.165) is 0 Å². The molecule has 0 aromatic rings. The molecule has 0 heterocycles. The Morgan fingerprint density at radius 1 is 1.90 bits per heavy atom. The molecule has 10 heavy (non-hydrogen) atoms. The maximum atomic E-state index is 10.0. The molecule has 4 nitrogen and oxygen atoms in total. The summed E-state index contributed by atoms with van der Waals surface area (Å²) in [4.78, 5) is 10.0. The first-order chi connectivity index (χ1) is 4.52. The van der Waals surface area contributed by atoms with E-state index in [4.69, 9.17) is 5.11 Å². The summed E-state index contributed by atoms with van der Waals surface area (Å²) in [5.74, 6) is -0.917. The van der Waals surface area contributed by atoms with Gasteiger partial charge in [-0.1, -0.05) is 12.2 Å². The number of rotatable bonds is 3. The number of thiol groups is 1. The van der Waals surface area contributed by atoms with Crippen molar-refractivity contribution in [3.63, 3.8) is 0 Å². The summed E-state index contributed by atoms with van der Waals surface area (Å²) in [6.07, 6.45) is 0. The molecule has 0 radical (unpaired) electrons. The summed E-state index contributed by atoms with van der Waals surface area (Å²) in [5.41, 5.74) is 2.52. The lowest BCUT2D eigenvalue weighted by atomic mass is 10.6. The number of thiocarbonyl (C=S) groups is 1. The quantitative estimate of drug-likeness (QED) is 0.317. The van der Waals surface area contributed by atoms with E-state index >= 15 is 0 Å². The summed E-state index contributed by atoms with van der Waals surface area (Å²) >= 11 is 8.29. The SMILES string of the molecule is CN(CC(=O)O)NC(=S)S. The number of hydrogen-bond acceptors (Lipinski definition) is 3. The van der Waals surface area contributed by atoms with E-state index in [1.54, 1.807) is 7.05 Å². The number of nitrogens with one attached hydrogen (secondary N) is 1. The molecule has 0 aliphatic rings. The van der Waals surface area contributed by atoms with Gasteiger partial charge in [0.2, 0.25) is 0 Å². The minimum atomic E-state index is -0.917. The summed E-state index contributed by atoms with van der Waals surface area (Å²) in [5, 5.41) is 9.58. The molecule has 0 amide bonds. The highest BCUT2D eigenvalue weighted by Gasteiger charge is 2.02. The molecule has 0 saturated heterocycles. The van der Waals surface area contributed by atoms with Crippen molar-refractivity contribution in [1.29, 1.82) is 0 Å². The molecular weight excluding hydrogens is 172 g/mol. The van der Waals surface area contributed by atoms with Crippen molar-refractivity contribution in [3.05, 3.63) is 0 Å². The summed E-state index contributed by atoms with van der Waals surface area (Å²) < 4.78 is 0.253. The van der Waals surface area contributed by atoms with Gasteiger partial charge in [-0.05, 0) is 0 Å². The molecule has 58 valence electrons. The van der Waals surface area contributed by atoms with E-state index in [1.165, 1.54) is 5.01 Å². The molecule has 0 spiro atoms. The fourth-order valence-electron chi connectivity index (χ4n) is 0.406. The zero-order valence-electron chi connectivity index (χ0n) is 5.37. The third-order valence-electron chi connectivity index (χ3n) is 0.659. The third-order valence-corrected chi connectivity index (χ3v) is 0.850. The maximum absolute atomic E-state index is 10.0. The number of carbonyl (C=O) groups is 1. The Bertz CT molecular complexity index is 134. The van der Waals surface area contributed by atoms with Crippen LogP contribution >= 0.6 is 24.8 Å². The molecule has 0 unspecified atom stereocenters. The highest BCUT2D eigenvalue weighted by atomic mass is 32.1. The molecule has 0 atom stereocenters.